The number of hydrogen-bond donors (Lipinski definition) is 2. The smallest absolute Gasteiger partial charge is 0.223 e. The zero-order valence-corrected chi connectivity index (χ0v) is 14.6. The van der Waals surface area contributed by atoms with E-state index in [0.717, 1.165) is 38.8 Å². The van der Waals surface area contributed by atoms with Crippen LogP contribution < -0.4 is 11.1 Å². The van der Waals surface area contributed by atoms with E-state index in [1.807, 2.05) is 0 Å². The number of carbonyl (C=O) groups is 1. The summed E-state index contributed by atoms with van der Waals surface area (Å²) in [7, 11) is 2.15. The summed E-state index contributed by atoms with van der Waals surface area (Å²) < 4.78 is 0. The third-order valence-corrected chi connectivity index (χ3v) is 5.14. The average Bonchev–Trinajstić information content (AvgIpc) is 2.41. The van der Waals surface area contributed by atoms with Gasteiger partial charge < -0.3 is 16.0 Å². The average molecular weight is 297 g/mol. The first-order chi connectivity index (χ1) is 9.82. The SMILES string of the molecule is CC1CC(C)C(C(=O)NCCCCN(C)C(C)C)CC1N. The topological polar surface area (TPSA) is 58.4 Å². The van der Waals surface area contributed by atoms with Gasteiger partial charge in [0.25, 0.3) is 0 Å². The molecule has 0 aromatic carbocycles. The van der Waals surface area contributed by atoms with E-state index in [4.69, 9.17) is 5.73 Å². The lowest BCUT2D eigenvalue weighted by molar-refractivity contribution is -0.128. The van der Waals surface area contributed by atoms with Crippen LogP contribution in [0.2, 0.25) is 0 Å². The molecule has 124 valence electrons. The summed E-state index contributed by atoms with van der Waals surface area (Å²) in [6, 6.07) is 0.766. The summed E-state index contributed by atoms with van der Waals surface area (Å²) in [5.41, 5.74) is 6.12. The highest BCUT2D eigenvalue weighted by Crippen LogP contribution is 2.32. The molecule has 0 bridgehead atoms. The maximum Gasteiger partial charge on any atom is 0.223 e. The first kappa shape index (κ1) is 18.4. The summed E-state index contributed by atoms with van der Waals surface area (Å²) in [6.07, 6.45) is 4.08. The Balaban J connectivity index is 2.22. The Labute approximate surface area is 130 Å². The number of rotatable bonds is 7. The summed E-state index contributed by atoms with van der Waals surface area (Å²) >= 11 is 0. The maximum absolute atomic E-state index is 12.3. The van der Waals surface area contributed by atoms with E-state index in [2.05, 4.69) is 45.0 Å². The van der Waals surface area contributed by atoms with Gasteiger partial charge in [-0.3, -0.25) is 4.79 Å². The molecule has 1 saturated carbocycles. The normalized spacial score (nSPS) is 29.9. The Kier molecular flexibility index (Phi) is 7.67. The molecule has 0 radical (unpaired) electrons. The molecule has 4 unspecified atom stereocenters. The quantitative estimate of drug-likeness (QED) is 0.709. The van der Waals surface area contributed by atoms with Crippen LogP contribution in [0.1, 0.15) is 53.4 Å². The summed E-state index contributed by atoms with van der Waals surface area (Å²) in [5, 5.41) is 3.11. The second-order valence-corrected chi connectivity index (χ2v) is 7.27. The molecular weight excluding hydrogens is 262 g/mol. The molecule has 0 aromatic rings. The van der Waals surface area contributed by atoms with Crippen molar-refractivity contribution in [3.63, 3.8) is 0 Å². The van der Waals surface area contributed by atoms with E-state index < -0.39 is 0 Å². The molecule has 1 amide bonds. The van der Waals surface area contributed by atoms with Gasteiger partial charge in [0.15, 0.2) is 0 Å². The zero-order valence-electron chi connectivity index (χ0n) is 14.6. The van der Waals surface area contributed by atoms with Gasteiger partial charge in [-0.05, 0) is 65.0 Å². The third-order valence-electron chi connectivity index (χ3n) is 5.14. The minimum absolute atomic E-state index is 0.106. The molecule has 4 nitrogen and oxygen atoms in total. The van der Waals surface area contributed by atoms with Crippen molar-refractivity contribution in [2.24, 2.45) is 23.5 Å². The number of carbonyl (C=O) groups excluding carboxylic acids is 1. The standard InChI is InChI=1S/C17H35N3O/c1-12(2)20(5)9-7-6-8-19-17(21)15-11-16(18)14(4)10-13(15)3/h12-16H,6-11,18H2,1-5H3,(H,19,21). The highest BCUT2D eigenvalue weighted by Gasteiger charge is 2.34. The molecule has 0 heterocycles. The molecule has 3 N–H and O–H groups in total. The van der Waals surface area contributed by atoms with Crippen molar-refractivity contribution in [1.82, 2.24) is 10.2 Å². The molecule has 21 heavy (non-hydrogen) atoms. The van der Waals surface area contributed by atoms with Crippen LogP contribution in [-0.4, -0.2) is 43.0 Å². The van der Waals surface area contributed by atoms with Crippen molar-refractivity contribution in [3.05, 3.63) is 0 Å². The Morgan fingerprint density at radius 3 is 2.52 bits per heavy atom. The van der Waals surface area contributed by atoms with E-state index in [0.29, 0.717) is 17.9 Å². The Bertz CT molecular complexity index is 319. The predicted molar refractivity (Wildman–Crippen MR) is 89.0 cm³/mol. The molecule has 0 aromatic heterocycles. The van der Waals surface area contributed by atoms with Gasteiger partial charge >= 0.3 is 0 Å². The first-order valence-electron chi connectivity index (χ1n) is 8.56. The lowest BCUT2D eigenvalue weighted by atomic mass is 9.72. The van der Waals surface area contributed by atoms with E-state index in [9.17, 15) is 4.79 Å². The Hall–Kier alpha value is -0.610. The van der Waals surface area contributed by atoms with E-state index in [-0.39, 0.29) is 17.9 Å². The van der Waals surface area contributed by atoms with Crippen LogP contribution in [0.25, 0.3) is 0 Å². The highest BCUT2D eigenvalue weighted by molar-refractivity contribution is 5.79. The number of hydrogen-bond acceptors (Lipinski definition) is 3. The minimum atomic E-state index is 0.106. The van der Waals surface area contributed by atoms with Gasteiger partial charge in [0.05, 0.1) is 0 Å². The fourth-order valence-electron chi connectivity index (χ4n) is 3.14. The van der Waals surface area contributed by atoms with Crippen LogP contribution in [0.5, 0.6) is 0 Å². The molecule has 1 fully saturated rings. The van der Waals surface area contributed by atoms with Crippen molar-refractivity contribution in [3.8, 4) is 0 Å². The van der Waals surface area contributed by atoms with Crippen LogP contribution in [0.4, 0.5) is 0 Å². The third kappa shape index (κ3) is 5.95. The molecule has 1 aliphatic rings. The monoisotopic (exact) mass is 297 g/mol. The zero-order chi connectivity index (χ0) is 16.0. The van der Waals surface area contributed by atoms with Gasteiger partial charge in [-0.1, -0.05) is 13.8 Å². The summed E-state index contributed by atoms with van der Waals surface area (Å²) in [5.74, 6) is 1.30. The number of nitrogens with one attached hydrogen (secondary N) is 1. The number of nitrogens with two attached hydrogens (primary N) is 1. The second kappa shape index (κ2) is 8.74. The Morgan fingerprint density at radius 1 is 1.24 bits per heavy atom. The molecule has 0 spiro atoms. The van der Waals surface area contributed by atoms with E-state index >= 15 is 0 Å². The van der Waals surface area contributed by atoms with Crippen LogP contribution in [-0.2, 0) is 4.79 Å². The highest BCUT2D eigenvalue weighted by atomic mass is 16.1. The van der Waals surface area contributed by atoms with Crippen LogP contribution in [0.15, 0.2) is 0 Å². The minimum Gasteiger partial charge on any atom is -0.356 e. The van der Waals surface area contributed by atoms with Crippen LogP contribution in [0.3, 0.4) is 0 Å². The van der Waals surface area contributed by atoms with E-state index in [1.54, 1.807) is 0 Å². The lowest BCUT2D eigenvalue weighted by Crippen LogP contribution is -2.45. The number of nitrogens with zero attached hydrogens (tertiary/aromatic N) is 1. The van der Waals surface area contributed by atoms with Crippen molar-refractivity contribution in [2.45, 2.75) is 65.5 Å². The van der Waals surface area contributed by atoms with Crippen molar-refractivity contribution >= 4 is 5.91 Å². The second-order valence-electron chi connectivity index (χ2n) is 7.27. The van der Waals surface area contributed by atoms with Gasteiger partial charge in [0.2, 0.25) is 5.91 Å². The van der Waals surface area contributed by atoms with Gasteiger partial charge in [-0.25, -0.2) is 0 Å². The van der Waals surface area contributed by atoms with Crippen LogP contribution >= 0.6 is 0 Å². The molecule has 0 saturated heterocycles. The van der Waals surface area contributed by atoms with Crippen molar-refractivity contribution in [1.29, 1.82) is 0 Å². The summed E-state index contributed by atoms with van der Waals surface area (Å²) in [6.45, 7) is 10.7. The molecule has 4 heteroatoms. The fraction of sp³-hybridized carbons (Fsp3) is 0.941. The fourth-order valence-corrected chi connectivity index (χ4v) is 3.14. The van der Waals surface area contributed by atoms with Crippen molar-refractivity contribution < 1.29 is 4.79 Å². The van der Waals surface area contributed by atoms with Crippen molar-refractivity contribution in [2.75, 3.05) is 20.1 Å². The van der Waals surface area contributed by atoms with Gasteiger partial charge in [-0.15, -0.1) is 0 Å². The van der Waals surface area contributed by atoms with Gasteiger partial charge in [0.1, 0.15) is 0 Å². The van der Waals surface area contributed by atoms with E-state index in [1.165, 1.54) is 0 Å². The molecule has 0 aliphatic heterocycles. The number of amides is 1. The van der Waals surface area contributed by atoms with Gasteiger partial charge in [0, 0.05) is 24.5 Å². The maximum atomic E-state index is 12.3. The van der Waals surface area contributed by atoms with Crippen LogP contribution in [0, 0.1) is 17.8 Å². The molecule has 4 atom stereocenters. The largest absolute Gasteiger partial charge is 0.356 e. The Morgan fingerprint density at radius 2 is 1.90 bits per heavy atom. The molecule has 1 rings (SSSR count). The molecule has 1 aliphatic carbocycles. The first-order valence-corrected chi connectivity index (χ1v) is 8.56. The summed E-state index contributed by atoms with van der Waals surface area (Å²) in [4.78, 5) is 14.6. The van der Waals surface area contributed by atoms with Gasteiger partial charge in [-0.2, -0.15) is 0 Å². The molecular formula is C17H35N3O. The number of unbranched alkanes of at least 4 members (excludes halogenated alkanes) is 1. The predicted octanol–water partition coefficient (Wildman–Crippen LogP) is 2.23. The lowest BCUT2D eigenvalue weighted by Gasteiger charge is -2.36.